The number of anilines is 3. The minimum absolute atomic E-state index is 0.413. The van der Waals surface area contributed by atoms with Crippen molar-refractivity contribution in [1.29, 1.82) is 0 Å². The van der Waals surface area contributed by atoms with Gasteiger partial charge in [-0.2, -0.15) is 0 Å². The predicted octanol–water partition coefficient (Wildman–Crippen LogP) is 23.6. The normalized spacial score (nSPS) is 13.4. The van der Waals surface area contributed by atoms with Crippen LogP contribution in [0.2, 0.25) is 33.2 Å². The second-order valence-electron chi connectivity index (χ2n) is 32.7. The first kappa shape index (κ1) is 75.7. The Balaban J connectivity index is 1.29. The lowest BCUT2D eigenvalue weighted by Gasteiger charge is -2.57. The standard InChI is InChI=1S/C96H117B3N3Si3/c1-16-19-22-25-40-73-55-61-76(62-56-73)100-97(91-79-43-28-34-49-85(79)94(103(67(4)5)68(6)7)86-50-35-29-44-80(86)91)101(77-63-57-74(58-64-77)41-26-23-20-17-2)99(93-83-47-32-38-53-89(83)96(105(71(12)13)72(14)15)90-54-39-33-48-84(90)93)102(78-65-59-75(60-66-78)42-27-24-21-18-3)98(100)92-81-45-30-36-51-87(81)95(104(69(8)9)70(10)11)88-52-37-31-46-82(88)92/h28-39,43-72H,16-27,40-42H2,1-15H3. The lowest BCUT2D eigenvalue weighted by atomic mass is 9.35. The summed E-state index contributed by atoms with van der Waals surface area (Å²) in [5, 5.41) is 21.3. The fraction of sp³-hybridized carbons (Fsp3) is 0.375. The summed E-state index contributed by atoms with van der Waals surface area (Å²) < 4.78 is 9.05. The molecule has 13 rings (SSSR count). The van der Waals surface area contributed by atoms with Gasteiger partial charge in [-0.1, -0.05) is 344 Å². The van der Waals surface area contributed by atoms with Crippen LogP contribution in [-0.4, -0.2) is 47.3 Å². The molecule has 0 aromatic heterocycles. The van der Waals surface area contributed by atoms with Crippen LogP contribution in [-0.2, 0) is 19.3 Å². The molecule has 0 bridgehead atoms. The summed E-state index contributed by atoms with van der Waals surface area (Å²) >= 11 is 0. The van der Waals surface area contributed by atoms with Gasteiger partial charge < -0.3 is 14.2 Å². The van der Waals surface area contributed by atoms with Gasteiger partial charge in [-0.25, -0.2) is 0 Å². The lowest BCUT2D eigenvalue weighted by molar-refractivity contribution is 0.667. The number of aryl methyl sites for hydroxylation is 3. The number of fused-ring (bicyclic) bond motifs is 6. The minimum Gasteiger partial charge on any atom is -0.416 e. The van der Waals surface area contributed by atoms with Crippen LogP contribution in [0, 0.1) is 0 Å². The first-order chi connectivity index (χ1) is 51.1. The highest BCUT2D eigenvalue weighted by Gasteiger charge is 2.58. The SMILES string of the molecule is CCCCCCc1ccc(N2B(c3c4ccccc4c([Si](C(C)C)C(C)C)c4ccccc34)N(c3ccc(CCCCCC)cc3)B(c3c4ccccc4c([Si](C(C)C)C(C)C)c4ccccc34)N(c3ccc(CCCCCC)cc3)B2c2c3ccccc3c([Si](C(C)C)C(C)C)c3ccccc23)cc1. The summed E-state index contributed by atoms with van der Waals surface area (Å²) in [5.41, 5.74) is 15.1. The van der Waals surface area contributed by atoms with Crippen LogP contribution in [0.5, 0.6) is 0 Å². The fourth-order valence-corrected chi connectivity index (χ4v) is 29.9. The Morgan fingerprint density at radius 1 is 0.229 bits per heavy atom. The molecule has 0 N–H and O–H groups in total. The molecule has 0 amide bonds. The van der Waals surface area contributed by atoms with E-state index in [1.807, 2.05) is 0 Å². The second-order valence-corrected chi connectivity index (χ2v) is 43.9. The Labute approximate surface area is 639 Å². The van der Waals surface area contributed by atoms with E-state index < -0.39 is 47.3 Å². The Kier molecular flexibility index (Phi) is 24.6. The van der Waals surface area contributed by atoms with Crippen LogP contribution in [0.3, 0.4) is 0 Å². The number of unbranched alkanes of at least 4 members (excludes halogenated alkanes) is 9. The van der Waals surface area contributed by atoms with Gasteiger partial charge in [0, 0.05) is 17.1 Å². The van der Waals surface area contributed by atoms with E-state index in [2.05, 4.69) is 336 Å². The highest BCUT2D eigenvalue weighted by atomic mass is 28.3. The maximum Gasteiger partial charge on any atom is 0.390 e. The quantitative estimate of drug-likeness (QED) is 0.0252. The zero-order valence-corrected chi connectivity index (χ0v) is 69.4. The predicted molar refractivity (Wildman–Crippen MR) is 478 cm³/mol. The molecular weight excluding hydrogens is 1310 g/mol. The number of hydrogen-bond acceptors (Lipinski definition) is 3. The molecule has 0 saturated carbocycles. The molecule has 537 valence electrons. The van der Waals surface area contributed by atoms with Gasteiger partial charge in [0.15, 0.2) is 0 Å². The monoisotopic (exact) mass is 1430 g/mol. The number of rotatable bonds is 30. The summed E-state index contributed by atoms with van der Waals surface area (Å²) in [4.78, 5) is 0. The van der Waals surface area contributed by atoms with Crippen molar-refractivity contribution in [1.82, 2.24) is 0 Å². The molecule has 12 aromatic rings. The molecule has 1 aliphatic heterocycles. The maximum absolute atomic E-state index is 3.02. The van der Waals surface area contributed by atoms with Crippen LogP contribution in [0.1, 0.15) is 198 Å². The topological polar surface area (TPSA) is 9.72 Å². The zero-order chi connectivity index (χ0) is 73.6. The Hall–Kier alpha value is -7.55. The highest BCUT2D eigenvalue weighted by molar-refractivity contribution is 7.17. The summed E-state index contributed by atoms with van der Waals surface area (Å²) in [6.07, 6.45) is 18.0. The molecule has 0 aliphatic carbocycles. The molecule has 3 nitrogen and oxygen atoms in total. The molecule has 105 heavy (non-hydrogen) atoms. The molecule has 1 saturated heterocycles. The van der Waals surface area contributed by atoms with Gasteiger partial charge in [0.25, 0.3) is 0 Å². The van der Waals surface area contributed by atoms with Gasteiger partial charge in [0.1, 0.15) is 0 Å². The number of hydrogen-bond donors (Lipinski definition) is 0. The van der Waals surface area contributed by atoms with Crippen molar-refractivity contribution in [2.75, 3.05) is 14.2 Å². The second kappa shape index (κ2) is 34.1. The molecule has 1 heterocycles. The van der Waals surface area contributed by atoms with E-state index in [-0.39, 0.29) is 0 Å². The third-order valence-corrected chi connectivity index (χ3v) is 34.3. The molecule has 1 fully saturated rings. The van der Waals surface area contributed by atoms with Crippen molar-refractivity contribution < 1.29 is 0 Å². The molecular formula is C96H117B3N3Si3. The van der Waals surface area contributed by atoms with E-state index in [0.717, 1.165) is 19.3 Å². The van der Waals surface area contributed by atoms with Gasteiger partial charge in [-0.3, -0.25) is 0 Å². The fourth-order valence-electron chi connectivity index (χ4n) is 19.2. The van der Waals surface area contributed by atoms with Gasteiger partial charge in [-0.15, -0.1) is 0 Å². The summed E-state index contributed by atoms with van der Waals surface area (Å²) in [6.45, 7) is 35.9. The number of benzene rings is 12. The van der Waals surface area contributed by atoms with Gasteiger partial charge >= 0.3 is 20.9 Å². The van der Waals surface area contributed by atoms with Gasteiger partial charge in [0.2, 0.25) is 0 Å². The first-order valence-corrected chi connectivity index (χ1v) is 46.1. The van der Waals surface area contributed by atoms with Crippen molar-refractivity contribution in [3.63, 3.8) is 0 Å². The molecule has 0 unspecified atom stereocenters. The smallest absolute Gasteiger partial charge is 0.390 e. The van der Waals surface area contributed by atoms with Crippen molar-refractivity contribution in [3.05, 3.63) is 235 Å². The largest absolute Gasteiger partial charge is 0.416 e. The van der Waals surface area contributed by atoms with E-state index in [1.165, 1.54) is 192 Å². The number of nitrogens with zero attached hydrogens (tertiary/aromatic N) is 3. The van der Waals surface area contributed by atoms with Crippen LogP contribution < -0.4 is 46.1 Å². The third-order valence-electron chi connectivity index (χ3n) is 23.5. The van der Waals surface area contributed by atoms with E-state index >= 15 is 0 Å². The average Bonchev–Trinajstić information content (AvgIpc) is 0.686. The van der Waals surface area contributed by atoms with E-state index in [0.29, 0.717) is 33.2 Å². The van der Waals surface area contributed by atoms with E-state index in [1.54, 1.807) is 15.6 Å². The van der Waals surface area contributed by atoms with Crippen LogP contribution in [0.15, 0.2) is 218 Å². The first-order valence-electron chi connectivity index (χ1n) is 41.1. The van der Waals surface area contributed by atoms with Crippen LogP contribution in [0.4, 0.5) is 17.1 Å². The van der Waals surface area contributed by atoms with Crippen molar-refractivity contribution in [2.24, 2.45) is 0 Å². The molecule has 0 atom stereocenters. The van der Waals surface area contributed by atoms with Crippen LogP contribution >= 0.6 is 0 Å². The molecule has 3 radical (unpaired) electrons. The summed E-state index contributed by atoms with van der Waals surface area (Å²) in [6, 6.07) is 89.4. The van der Waals surface area contributed by atoms with Gasteiger partial charge in [-0.05, 0) is 221 Å². The van der Waals surface area contributed by atoms with Crippen molar-refractivity contribution in [2.45, 2.75) is 233 Å². The minimum atomic E-state index is -1.15. The maximum atomic E-state index is 3.02. The van der Waals surface area contributed by atoms with E-state index in [9.17, 15) is 0 Å². The van der Waals surface area contributed by atoms with Crippen molar-refractivity contribution in [3.8, 4) is 0 Å². The molecule has 12 aromatic carbocycles. The Bertz CT molecular complexity index is 4220. The average molecular weight is 1430 g/mol. The molecule has 1 aliphatic rings. The zero-order valence-electron chi connectivity index (χ0n) is 66.4. The lowest BCUT2D eigenvalue weighted by Crippen LogP contribution is -2.86. The van der Waals surface area contributed by atoms with E-state index in [4.69, 9.17) is 0 Å². The highest BCUT2D eigenvalue weighted by Crippen LogP contribution is 2.42. The van der Waals surface area contributed by atoms with Gasteiger partial charge in [0.05, 0.1) is 26.4 Å². The third kappa shape index (κ3) is 15.1. The van der Waals surface area contributed by atoms with Crippen molar-refractivity contribution >= 4 is 161 Å². The Morgan fingerprint density at radius 3 is 0.581 bits per heavy atom. The van der Waals surface area contributed by atoms with Crippen LogP contribution in [0.25, 0.3) is 64.6 Å². The summed E-state index contributed by atoms with van der Waals surface area (Å²) in [5.74, 6) is 0. The molecule has 9 heteroatoms. The Morgan fingerprint density at radius 2 is 0.410 bits per heavy atom. The summed E-state index contributed by atoms with van der Waals surface area (Å²) in [7, 11) is -3.46. The molecule has 0 spiro atoms.